The summed E-state index contributed by atoms with van der Waals surface area (Å²) in [5, 5.41) is 10.2. The summed E-state index contributed by atoms with van der Waals surface area (Å²) in [6.07, 6.45) is 0. The molecule has 0 aliphatic carbocycles. The molecule has 22 heavy (non-hydrogen) atoms. The molecule has 0 aliphatic heterocycles. The van der Waals surface area contributed by atoms with Gasteiger partial charge in [-0.25, -0.2) is 0 Å². The van der Waals surface area contributed by atoms with E-state index in [1.165, 1.54) is 6.92 Å². The molecule has 1 amide bonds. The minimum atomic E-state index is -0.112. The lowest BCUT2D eigenvalue weighted by atomic mass is 10.1. The number of rotatable bonds is 5. The predicted molar refractivity (Wildman–Crippen MR) is 89.8 cm³/mol. The van der Waals surface area contributed by atoms with E-state index in [9.17, 15) is 4.79 Å². The molecule has 0 heterocycles. The van der Waals surface area contributed by atoms with Gasteiger partial charge in [0, 0.05) is 23.7 Å². The fourth-order valence-corrected chi connectivity index (χ4v) is 1.91. The zero-order valence-corrected chi connectivity index (χ0v) is 12.9. The first-order valence-corrected chi connectivity index (χ1v) is 6.49. The van der Waals surface area contributed by atoms with Gasteiger partial charge in [-0.15, -0.1) is 12.4 Å². The fourth-order valence-electron chi connectivity index (χ4n) is 1.91. The van der Waals surface area contributed by atoms with Crippen molar-refractivity contribution in [1.29, 1.82) is 5.41 Å². The zero-order chi connectivity index (χ0) is 15.2. The number of amidine groups is 1. The van der Waals surface area contributed by atoms with Crippen LogP contribution in [0.2, 0.25) is 0 Å². The van der Waals surface area contributed by atoms with Crippen LogP contribution in [0.4, 0.5) is 5.69 Å². The second kappa shape index (κ2) is 8.05. The normalized spacial score (nSPS) is 9.50. The third-order valence-corrected chi connectivity index (χ3v) is 2.88. The first kappa shape index (κ1) is 17.5. The van der Waals surface area contributed by atoms with E-state index < -0.39 is 0 Å². The number of nitrogens with one attached hydrogen (secondary N) is 2. The second-order valence-corrected chi connectivity index (χ2v) is 4.57. The van der Waals surface area contributed by atoms with Crippen molar-refractivity contribution in [2.45, 2.75) is 13.5 Å². The number of nitrogens with two attached hydrogens (primary N) is 1. The minimum Gasteiger partial charge on any atom is -0.489 e. The highest BCUT2D eigenvalue weighted by molar-refractivity contribution is 5.96. The van der Waals surface area contributed by atoms with Crippen LogP contribution in [0.3, 0.4) is 0 Å². The average molecular weight is 320 g/mol. The Bertz CT molecular complexity index is 657. The highest BCUT2D eigenvalue weighted by Crippen LogP contribution is 2.18. The molecule has 0 unspecified atom stereocenters. The lowest BCUT2D eigenvalue weighted by molar-refractivity contribution is -0.114. The van der Waals surface area contributed by atoms with Gasteiger partial charge < -0.3 is 15.8 Å². The molecule has 0 aliphatic rings. The first-order valence-electron chi connectivity index (χ1n) is 6.49. The molecular formula is C16H18ClN3O2. The van der Waals surface area contributed by atoms with Crippen molar-refractivity contribution in [2.75, 3.05) is 5.32 Å². The molecule has 0 saturated carbocycles. The van der Waals surface area contributed by atoms with Gasteiger partial charge in [0.1, 0.15) is 18.2 Å². The van der Waals surface area contributed by atoms with E-state index in [1.807, 2.05) is 18.2 Å². The molecule has 0 bridgehead atoms. The standard InChI is InChI=1S/C16H17N3O2.ClH/c1-11(20)19-13-6-8-14(9-7-13)21-10-12-4-2-3-5-15(12)16(17)18;/h2-9H,10H2,1H3,(H3,17,18)(H,19,20);1H. The van der Waals surface area contributed by atoms with Gasteiger partial charge in [-0.05, 0) is 24.3 Å². The largest absolute Gasteiger partial charge is 0.489 e. The van der Waals surface area contributed by atoms with Crippen molar-refractivity contribution >= 4 is 29.8 Å². The Balaban J connectivity index is 0.00000242. The van der Waals surface area contributed by atoms with Gasteiger partial charge in [0.25, 0.3) is 0 Å². The lowest BCUT2D eigenvalue weighted by Gasteiger charge is -2.10. The van der Waals surface area contributed by atoms with Crippen LogP contribution in [0.5, 0.6) is 5.75 Å². The number of hydrogen-bond acceptors (Lipinski definition) is 3. The molecule has 0 radical (unpaired) electrons. The molecule has 2 aromatic carbocycles. The number of carbonyl (C=O) groups excluding carboxylic acids is 1. The maximum atomic E-state index is 10.9. The molecule has 5 nitrogen and oxygen atoms in total. The molecule has 6 heteroatoms. The SMILES string of the molecule is CC(=O)Nc1ccc(OCc2ccccc2C(=N)N)cc1.Cl. The Morgan fingerprint density at radius 2 is 1.82 bits per heavy atom. The van der Waals surface area contributed by atoms with E-state index in [-0.39, 0.29) is 24.1 Å². The van der Waals surface area contributed by atoms with E-state index in [1.54, 1.807) is 30.3 Å². The Morgan fingerprint density at radius 3 is 2.41 bits per heavy atom. The number of nitrogen functional groups attached to an aromatic ring is 1. The highest BCUT2D eigenvalue weighted by Gasteiger charge is 2.05. The van der Waals surface area contributed by atoms with Gasteiger partial charge in [-0.1, -0.05) is 24.3 Å². The third kappa shape index (κ3) is 4.79. The quantitative estimate of drug-likeness (QED) is 0.585. The lowest BCUT2D eigenvalue weighted by Crippen LogP contribution is -2.14. The average Bonchev–Trinajstić information content (AvgIpc) is 2.46. The number of carbonyl (C=O) groups is 1. The van der Waals surface area contributed by atoms with Crippen molar-refractivity contribution in [3.05, 3.63) is 59.7 Å². The monoisotopic (exact) mass is 319 g/mol. The summed E-state index contributed by atoms with van der Waals surface area (Å²) in [7, 11) is 0. The number of halogens is 1. The Labute approximate surface area is 135 Å². The molecular weight excluding hydrogens is 302 g/mol. The van der Waals surface area contributed by atoms with Crippen LogP contribution in [0, 0.1) is 5.41 Å². The summed E-state index contributed by atoms with van der Waals surface area (Å²) in [6, 6.07) is 14.5. The van der Waals surface area contributed by atoms with Crippen LogP contribution in [-0.2, 0) is 11.4 Å². The van der Waals surface area contributed by atoms with E-state index >= 15 is 0 Å². The number of ether oxygens (including phenoxy) is 1. The van der Waals surface area contributed by atoms with Crippen molar-refractivity contribution in [1.82, 2.24) is 0 Å². The third-order valence-electron chi connectivity index (χ3n) is 2.88. The van der Waals surface area contributed by atoms with Crippen LogP contribution >= 0.6 is 12.4 Å². The van der Waals surface area contributed by atoms with Gasteiger partial charge in [0.05, 0.1) is 0 Å². The van der Waals surface area contributed by atoms with Gasteiger partial charge in [-0.2, -0.15) is 0 Å². The number of amides is 1. The van der Waals surface area contributed by atoms with Crippen LogP contribution in [0.25, 0.3) is 0 Å². The minimum absolute atomic E-state index is 0. The number of anilines is 1. The van der Waals surface area contributed by atoms with Crippen LogP contribution < -0.4 is 15.8 Å². The zero-order valence-electron chi connectivity index (χ0n) is 12.1. The van der Waals surface area contributed by atoms with Gasteiger partial charge in [0.2, 0.25) is 5.91 Å². The van der Waals surface area contributed by atoms with Crippen LogP contribution in [0.1, 0.15) is 18.1 Å². The molecule has 0 atom stereocenters. The molecule has 4 N–H and O–H groups in total. The number of hydrogen-bond donors (Lipinski definition) is 3. The van der Waals surface area contributed by atoms with Crippen molar-refractivity contribution < 1.29 is 9.53 Å². The van der Waals surface area contributed by atoms with E-state index in [2.05, 4.69) is 5.32 Å². The first-order chi connectivity index (χ1) is 10.1. The summed E-state index contributed by atoms with van der Waals surface area (Å²) < 4.78 is 5.68. The Morgan fingerprint density at radius 1 is 1.18 bits per heavy atom. The maximum absolute atomic E-state index is 10.9. The molecule has 2 aromatic rings. The smallest absolute Gasteiger partial charge is 0.221 e. The van der Waals surface area contributed by atoms with Crippen LogP contribution in [-0.4, -0.2) is 11.7 Å². The van der Waals surface area contributed by atoms with Gasteiger partial charge >= 0.3 is 0 Å². The Hall–Kier alpha value is -2.53. The summed E-state index contributed by atoms with van der Waals surface area (Å²) in [4.78, 5) is 10.9. The second-order valence-electron chi connectivity index (χ2n) is 4.57. The van der Waals surface area contributed by atoms with E-state index in [0.29, 0.717) is 17.9 Å². The predicted octanol–water partition coefficient (Wildman–Crippen LogP) is 2.93. The molecule has 0 spiro atoms. The topological polar surface area (TPSA) is 88.2 Å². The highest BCUT2D eigenvalue weighted by atomic mass is 35.5. The molecule has 116 valence electrons. The van der Waals surface area contributed by atoms with Gasteiger partial charge in [-0.3, -0.25) is 10.2 Å². The van der Waals surface area contributed by atoms with Crippen molar-refractivity contribution in [2.24, 2.45) is 5.73 Å². The van der Waals surface area contributed by atoms with E-state index in [4.69, 9.17) is 15.9 Å². The molecule has 0 saturated heterocycles. The summed E-state index contributed by atoms with van der Waals surface area (Å²) in [5.74, 6) is 0.594. The van der Waals surface area contributed by atoms with Crippen LogP contribution in [0.15, 0.2) is 48.5 Å². The fraction of sp³-hybridized carbons (Fsp3) is 0.125. The molecule has 2 rings (SSSR count). The number of benzene rings is 2. The summed E-state index contributed by atoms with van der Waals surface area (Å²) >= 11 is 0. The van der Waals surface area contributed by atoms with Crippen molar-refractivity contribution in [3.8, 4) is 5.75 Å². The molecule has 0 fully saturated rings. The van der Waals surface area contributed by atoms with E-state index in [0.717, 1.165) is 11.3 Å². The Kier molecular flexibility index (Phi) is 6.41. The maximum Gasteiger partial charge on any atom is 0.221 e. The summed E-state index contributed by atoms with van der Waals surface area (Å²) in [6.45, 7) is 1.79. The molecule has 0 aromatic heterocycles. The summed E-state index contributed by atoms with van der Waals surface area (Å²) in [5.41, 5.74) is 7.79. The van der Waals surface area contributed by atoms with Crippen molar-refractivity contribution in [3.63, 3.8) is 0 Å². The van der Waals surface area contributed by atoms with Gasteiger partial charge in [0.15, 0.2) is 0 Å².